The maximum atomic E-state index is 11.4. The molecule has 17 heavy (non-hydrogen) atoms. The van der Waals surface area contributed by atoms with E-state index in [0.717, 1.165) is 0 Å². The van der Waals surface area contributed by atoms with Crippen molar-refractivity contribution < 1.29 is 13.2 Å². The number of carbonyl (C=O) groups excluding carboxylic acids is 1. The van der Waals surface area contributed by atoms with E-state index in [-0.39, 0.29) is 18.4 Å². The second-order valence-corrected chi connectivity index (χ2v) is 3.40. The molecule has 0 saturated carbocycles. The molecular weight excluding hydrogens is 268 g/mol. The van der Waals surface area contributed by atoms with Crippen molar-refractivity contribution in [1.82, 2.24) is 10.3 Å². The minimum atomic E-state index is -2.85. The summed E-state index contributed by atoms with van der Waals surface area (Å²) in [5.74, 6) is -0.887. The third-order valence-corrected chi connectivity index (χ3v) is 1.81. The standard InChI is InChI=1S/C8H10N4O3S.ClH/c9-8(11-12-16(14)15)10-7(13)6-4-2-1-3-5-6;/h1-5,16H,(H,12,14,15)(H3,9,10,11,13);1H. The van der Waals surface area contributed by atoms with E-state index in [1.54, 1.807) is 35.2 Å². The third kappa shape index (κ3) is 5.85. The first-order valence-corrected chi connectivity index (χ1v) is 5.37. The number of hydrogen-bond donors (Lipinski definition) is 4. The highest BCUT2D eigenvalue weighted by atomic mass is 35.5. The van der Waals surface area contributed by atoms with E-state index in [2.05, 4.69) is 4.99 Å². The molecule has 0 aliphatic carbocycles. The van der Waals surface area contributed by atoms with Crippen molar-refractivity contribution in [1.29, 1.82) is 0 Å². The number of hydrogen-bond acceptors (Lipinski definition) is 3. The van der Waals surface area contributed by atoms with Gasteiger partial charge in [-0.15, -0.1) is 17.2 Å². The number of amides is 1. The lowest BCUT2D eigenvalue weighted by molar-refractivity contribution is 0.100. The summed E-state index contributed by atoms with van der Waals surface area (Å²) in [6.07, 6.45) is 0. The summed E-state index contributed by atoms with van der Waals surface area (Å²) in [4.78, 5) is 16.6. The van der Waals surface area contributed by atoms with Gasteiger partial charge in [0.2, 0.25) is 16.8 Å². The van der Waals surface area contributed by atoms with E-state index < -0.39 is 16.8 Å². The van der Waals surface area contributed by atoms with Crippen LogP contribution in [0.4, 0.5) is 0 Å². The van der Waals surface area contributed by atoms with Crippen molar-refractivity contribution >= 4 is 35.2 Å². The van der Waals surface area contributed by atoms with Crippen LogP contribution in [0.2, 0.25) is 0 Å². The van der Waals surface area contributed by atoms with E-state index in [9.17, 15) is 13.2 Å². The molecule has 0 radical (unpaired) electrons. The Hall–Kier alpha value is -1.64. The van der Waals surface area contributed by atoms with E-state index >= 15 is 0 Å². The highest BCUT2D eigenvalue weighted by Crippen LogP contribution is 1.99. The molecule has 4 N–H and O–H groups in total. The molecule has 0 aromatic heterocycles. The molecule has 1 amide bonds. The molecule has 7 nitrogen and oxygen atoms in total. The van der Waals surface area contributed by atoms with Gasteiger partial charge in [0.15, 0.2) is 0 Å². The zero-order chi connectivity index (χ0) is 12.0. The number of thiol groups is 1. The molecule has 0 heterocycles. The van der Waals surface area contributed by atoms with E-state index in [4.69, 9.17) is 5.73 Å². The van der Waals surface area contributed by atoms with Gasteiger partial charge in [0, 0.05) is 5.56 Å². The summed E-state index contributed by atoms with van der Waals surface area (Å²) in [5, 5.41) is 0. The summed E-state index contributed by atoms with van der Waals surface area (Å²) < 4.78 is 20.3. The number of nitrogens with one attached hydrogen (secondary N) is 2. The van der Waals surface area contributed by atoms with Crippen molar-refractivity contribution in [2.75, 3.05) is 0 Å². The molecule has 94 valence electrons. The van der Waals surface area contributed by atoms with Gasteiger partial charge < -0.3 is 5.73 Å². The lowest BCUT2D eigenvalue weighted by Gasteiger charge is -2.00. The number of rotatable bonds is 3. The Balaban J connectivity index is 0.00000256. The van der Waals surface area contributed by atoms with Gasteiger partial charge in [-0.25, -0.2) is 8.42 Å². The van der Waals surface area contributed by atoms with E-state index in [0.29, 0.717) is 5.56 Å². The molecular formula is C8H11ClN4O3S. The Labute approximate surface area is 106 Å². The fourth-order valence-electron chi connectivity index (χ4n) is 0.886. The molecule has 1 rings (SSSR count). The smallest absolute Gasteiger partial charge is 0.280 e. The van der Waals surface area contributed by atoms with Gasteiger partial charge in [-0.05, 0) is 12.1 Å². The minimum absolute atomic E-state index is 0. The predicted molar refractivity (Wildman–Crippen MR) is 66.2 cm³/mol. The molecule has 0 aliphatic heterocycles. The lowest BCUT2D eigenvalue weighted by atomic mass is 10.2. The number of hydrazine groups is 1. The van der Waals surface area contributed by atoms with Crippen molar-refractivity contribution in [2.24, 2.45) is 10.7 Å². The first kappa shape index (κ1) is 15.4. The molecule has 0 aliphatic rings. The first-order chi connectivity index (χ1) is 7.59. The van der Waals surface area contributed by atoms with Crippen LogP contribution in [-0.4, -0.2) is 20.3 Å². The van der Waals surface area contributed by atoms with Crippen LogP contribution < -0.4 is 16.0 Å². The Morgan fingerprint density at radius 1 is 1.24 bits per heavy atom. The summed E-state index contributed by atoms with van der Waals surface area (Å²) >= 11 is 0. The molecule has 0 spiro atoms. The van der Waals surface area contributed by atoms with Crippen molar-refractivity contribution in [3.63, 3.8) is 0 Å². The van der Waals surface area contributed by atoms with Crippen molar-refractivity contribution in [2.45, 2.75) is 0 Å². The van der Waals surface area contributed by atoms with Crippen LogP contribution in [-0.2, 0) is 10.9 Å². The number of nitrogens with two attached hydrogens (primary N) is 1. The average molecular weight is 279 g/mol. The summed E-state index contributed by atoms with van der Waals surface area (Å²) in [5.41, 5.74) is 7.65. The molecule has 0 unspecified atom stereocenters. The van der Waals surface area contributed by atoms with Gasteiger partial charge in [-0.1, -0.05) is 18.2 Å². The molecule has 9 heteroatoms. The third-order valence-electron chi connectivity index (χ3n) is 1.52. The second-order valence-electron chi connectivity index (χ2n) is 2.66. The molecule has 0 fully saturated rings. The lowest BCUT2D eigenvalue weighted by Crippen LogP contribution is -2.41. The normalized spacial score (nSPS) is 10.8. The maximum absolute atomic E-state index is 11.4. The molecule has 1 aromatic carbocycles. The van der Waals surface area contributed by atoms with Crippen LogP contribution in [0.1, 0.15) is 10.4 Å². The highest BCUT2D eigenvalue weighted by Gasteiger charge is 2.03. The van der Waals surface area contributed by atoms with Crippen LogP contribution in [0.5, 0.6) is 0 Å². The van der Waals surface area contributed by atoms with Gasteiger partial charge in [0.05, 0.1) is 0 Å². The average Bonchev–Trinajstić information content (AvgIpc) is 2.27. The summed E-state index contributed by atoms with van der Waals surface area (Å²) in [7, 11) is -2.85. The number of aliphatic imine (C=N–C) groups is 1. The largest absolute Gasteiger partial charge is 0.368 e. The van der Waals surface area contributed by atoms with Gasteiger partial charge in [0.25, 0.3) is 5.91 Å². The highest BCUT2D eigenvalue weighted by molar-refractivity contribution is 7.70. The van der Waals surface area contributed by atoms with Gasteiger partial charge in [-0.2, -0.15) is 4.99 Å². The fraction of sp³-hybridized carbons (Fsp3) is 0. The topological polar surface area (TPSA) is 114 Å². The predicted octanol–water partition coefficient (Wildman–Crippen LogP) is -0.816. The number of nitrogens with zero attached hydrogens (tertiary/aromatic N) is 1. The van der Waals surface area contributed by atoms with Crippen LogP contribution in [0, 0.1) is 0 Å². The van der Waals surface area contributed by atoms with Crippen LogP contribution in [0.3, 0.4) is 0 Å². The number of guanidine groups is 1. The van der Waals surface area contributed by atoms with Crippen molar-refractivity contribution in [3.05, 3.63) is 35.9 Å². The Bertz CT molecular complexity index is 467. The first-order valence-electron chi connectivity index (χ1n) is 4.19. The van der Waals surface area contributed by atoms with Crippen LogP contribution >= 0.6 is 12.4 Å². The Kier molecular flexibility index (Phi) is 6.87. The fourth-order valence-corrected chi connectivity index (χ4v) is 1.09. The van der Waals surface area contributed by atoms with Crippen LogP contribution in [0.25, 0.3) is 0 Å². The molecule has 1 aromatic rings. The molecule has 0 bridgehead atoms. The van der Waals surface area contributed by atoms with Gasteiger partial charge in [0.1, 0.15) is 0 Å². The molecule has 0 atom stereocenters. The second kappa shape index (κ2) is 7.60. The maximum Gasteiger partial charge on any atom is 0.280 e. The summed E-state index contributed by atoms with van der Waals surface area (Å²) in [6.45, 7) is 0. The Morgan fingerprint density at radius 3 is 2.35 bits per heavy atom. The Morgan fingerprint density at radius 2 is 1.82 bits per heavy atom. The zero-order valence-corrected chi connectivity index (χ0v) is 10.2. The SMILES string of the molecule is Cl.NC(=NC(=O)c1ccccc1)NN[SH](=O)=O. The summed E-state index contributed by atoms with van der Waals surface area (Å²) in [6, 6.07) is 8.26. The number of benzene rings is 1. The van der Waals surface area contributed by atoms with Crippen molar-refractivity contribution in [3.8, 4) is 0 Å². The molecule has 0 saturated heterocycles. The van der Waals surface area contributed by atoms with E-state index in [1.165, 1.54) is 0 Å². The van der Waals surface area contributed by atoms with Crippen LogP contribution in [0.15, 0.2) is 35.3 Å². The number of halogens is 1. The quantitative estimate of drug-likeness (QED) is 0.250. The minimum Gasteiger partial charge on any atom is -0.368 e. The van der Waals surface area contributed by atoms with Gasteiger partial charge >= 0.3 is 0 Å². The van der Waals surface area contributed by atoms with Gasteiger partial charge in [-0.3, -0.25) is 10.2 Å². The van der Waals surface area contributed by atoms with E-state index in [1.807, 2.05) is 5.43 Å². The number of carbonyl (C=O) groups is 1. The zero-order valence-electron chi connectivity index (χ0n) is 8.49. The monoisotopic (exact) mass is 278 g/mol.